The normalized spacial score (nSPS) is 14.2. The minimum Gasteiger partial charge on any atom is -0.349 e. The number of hydrogen-bond donors (Lipinski definition) is 3. The first kappa shape index (κ1) is 20.8. The van der Waals surface area contributed by atoms with Crippen LogP contribution in [0.25, 0.3) is 5.69 Å². The first-order valence-electron chi connectivity index (χ1n) is 10.6. The molecule has 2 amide bonds. The monoisotopic (exact) mass is 417 g/mol. The maximum Gasteiger partial charge on any atom is 0.251 e. The number of rotatable bonds is 6. The highest BCUT2D eigenvalue weighted by atomic mass is 16.2. The summed E-state index contributed by atoms with van der Waals surface area (Å²) in [6.07, 6.45) is 5.54. The lowest BCUT2D eigenvalue weighted by molar-refractivity contribution is -0.115. The molecular formula is C24H27N5O2. The van der Waals surface area contributed by atoms with E-state index in [1.54, 1.807) is 23.1 Å². The molecule has 7 nitrogen and oxygen atoms in total. The number of amides is 2. The molecule has 0 aliphatic carbocycles. The van der Waals surface area contributed by atoms with Crippen molar-refractivity contribution in [3.8, 4) is 5.69 Å². The van der Waals surface area contributed by atoms with Gasteiger partial charge in [0.2, 0.25) is 5.91 Å². The van der Waals surface area contributed by atoms with Crippen LogP contribution in [0.15, 0.2) is 60.9 Å². The third kappa shape index (κ3) is 5.58. The zero-order valence-electron chi connectivity index (χ0n) is 17.6. The molecule has 0 saturated carbocycles. The summed E-state index contributed by atoms with van der Waals surface area (Å²) in [5, 5.41) is 13.6. The van der Waals surface area contributed by atoms with E-state index in [0.29, 0.717) is 17.7 Å². The SMILES string of the molecule is Cc1cccc(CC(=O)Nc2cnn(-c3cccc(C(=O)NC4CCNCC4)c3)c2)c1. The molecule has 160 valence electrons. The number of piperidine rings is 1. The number of aromatic nitrogens is 2. The number of nitrogens with one attached hydrogen (secondary N) is 3. The van der Waals surface area contributed by atoms with E-state index < -0.39 is 0 Å². The van der Waals surface area contributed by atoms with E-state index in [0.717, 1.165) is 42.7 Å². The Morgan fingerprint density at radius 2 is 1.94 bits per heavy atom. The van der Waals surface area contributed by atoms with Gasteiger partial charge in [0.05, 0.1) is 30.2 Å². The zero-order chi connectivity index (χ0) is 21.6. The van der Waals surface area contributed by atoms with E-state index in [9.17, 15) is 9.59 Å². The van der Waals surface area contributed by atoms with Gasteiger partial charge in [0, 0.05) is 11.6 Å². The Morgan fingerprint density at radius 3 is 2.74 bits per heavy atom. The fraction of sp³-hybridized carbons (Fsp3) is 0.292. The lowest BCUT2D eigenvalue weighted by Crippen LogP contribution is -2.42. The minimum atomic E-state index is -0.0970. The highest BCUT2D eigenvalue weighted by Crippen LogP contribution is 2.15. The van der Waals surface area contributed by atoms with Crippen molar-refractivity contribution < 1.29 is 9.59 Å². The minimum absolute atomic E-state index is 0.0763. The van der Waals surface area contributed by atoms with Crippen molar-refractivity contribution in [2.24, 2.45) is 0 Å². The first-order chi connectivity index (χ1) is 15.1. The standard InChI is InChI=1S/C24H27N5O2/c1-17-4-2-5-18(12-17)13-23(30)27-21-15-26-29(16-21)22-7-3-6-19(14-22)24(31)28-20-8-10-25-11-9-20/h2-7,12,14-16,20,25H,8-11,13H2,1H3,(H,27,30)(H,28,31). The second-order valence-corrected chi connectivity index (χ2v) is 7.94. The van der Waals surface area contributed by atoms with Gasteiger partial charge in [-0.1, -0.05) is 35.9 Å². The number of nitrogens with zero attached hydrogens (tertiary/aromatic N) is 2. The molecule has 1 saturated heterocycles. The van der Waals surface area contributed by atoms with Gasteiger partial charge in [0.15, 0.2) is 0 Å². The van der Waals surface area contributed by atoms with Gasteiger partial charge in [-0.25, -0.2) is 4.68 Å². The van der Waals surface area contributed by atoms with Crippen LogP contribution in [-0.4, -0.2) is 40.7 Å². The molecule has 0 radical (unpaired) electrons. The molecule has 3 aromatic rings. The fourth-order valence-corrected chi connectivity index (χ4v) is 3.77. The summed E-state index contributed by atoms with van der Waals surface area (Å²) in [6, 6.07) is 15.4. The van der Waals surface area contributed by atoms with Crippen LogP contribution in [-0.2, 0) is 11.2 Å². The maximum atomic E-state index is 12.6. The number of aryl methyl sites for hydroxylation is 1. The molecule has 3 N–H and O–H groups in total. The summed E-state index contributed by atoms with van der Waals surface area (Å²) in [5.74, 6) is -0.173. The van der Waals surface area contributed by atoms with Crippen LogP contribution in [0.3, 0.4) is 0 Å². The second-order valence-electron chi connectivity index (χ2n) is 7.94. The van der Waals surface area contributed by atoms with Crippen LogP contribution < -0.4 is 16.0 Å². The van der Waals surface area contributed by atoms with Crippen molar-refractivity contribution in [3.05, 3.63) is 77.6 Å². The van der Waals surface area contributed by atoms with Crippen LogP contribution in [0.5, 0.6) is 0 Å². The van der Waals surface area contributed by atoms with Gasteiger partial charge >= 0.3 is 0 Å². The van der Waals surface area contributed by atoms with Crippen LogP contribution >= 0.6 is 0 Å². The van der Waals surface area contributed by atoms with E-state index >= 15 is 0 Å². The average Bonchev–Trinajstić information content (AvgIpc) is 3.23. The Kier molecular flexibility index (Phi) is 6.43. The molecule has 4 rings (SSSR count). The molecule has 1 aliphatic heterocycles. The third-order valence-electron chi connectivity index (χ3n) is 5.36. The van der Waals surface area contributed by atoms with Crippen molar-refractivity contribution in [1.29, 1.82) is 0 Å². The number of anilines is 1. The Bertz CT molecular complexity index is 1070. The van der Waals surface area contributed by atoms with Crippen molar-refractivity contribution in [3.63, 3.8) is 0 Å². The highest BCUT2D eigenvalue weighted by Gasteiger charge is 2.17. The van der Waals surface area contributed by atoms with Gasteiger partial charge in [-0.15, -0.1) is 0 Å². The lowest BCUT2D eigenvalue weighted by Gasteiger charge is -2.23. The molecule has 31 heavy (non-hydrogen) atoms. The molecule has 2 aromatic carbocycles. The van der Waals surface area contributed by atoms with Gasteiger partial charge in [0.25, 0.3) is 5.91 Å². The predicted molar refractivity (Wildman–Crippen MR) is 120 cm³/mol. The van der Waals surface area contributed by atoms with Gasteiger partial charge in [-0.3, -0.25) is 9.59 Å². The maximum absolute atomic E-state index is 12.6. The number of carbonyl (C=O) groups is 2. The van der Waals surface area contributed by atoms with Crippen molar-refractivity contribution >= 4 is 17.5 Å². The van der Waals surface area contributed by atoms with Gasteiger partial charge in [-0.2, -0.15) is 5.10 Å². The molecule has 0 unspecified atom stereocenters. The molecular weight excluding hydrogens is 390 g/mol. The smallest absolute Gasteiger partial charge is 0.251 e. The fourth-order valence-electron chi connectivity index (χ4n) is 3.77. The lowest BCUT2D eigenvalue weighted by atomic mass is 10.1. The van der Waals surface area contributed by atoms with Crippen LogP contribution in [0.4, 0.5) is 5.69 Å². The van der Waals surface area contributed by atoms with E-state index in [1.807, 2.05) is 49.4 Å². The van der Waals surface area contributed by atoms with Crippen molar-refractivity contribution in [2.75, 3.05) is 18.4 Å². The topological polar surface area (TPSA) is 88.0 Å². The average molecular weight is 418 g/mol. The summed E-state index contributed by atoms with van der Waals surface area (Å²) in [5.41, 5.74) is 4.07. The van der Waals surface area contributed by atoms with E-state index in [-0.39, 0.29) is 17.9 Å². The van der Waals surface area contributed by atoms with Crippen molar-refractivity contribution in [2.45, 2.75) is 32.2 Å². The largest absolute Gasteiger partial charge is 0.349 e. The Balaban J connectivity index is 1.39. The Labute approximate surface area is 181 Å². The number of benzene rings is 2. The summed E-state index contributed by atoms with van der Waals surface area (Å²) in [4.78, 5) is 25.0. The van der Waals surface area contributed by atoms with Gasteiger partial charge in [0.1, 0.15) is 0 Å². The highest BCUT2D eigenvalue weighted by molar-refractivity contribution is 5.95. The van der Waals surface area contributed by atoms with Crippen molar-refractivity contribution in [1.82, 2.24) is 20.4 Å². The molecule has 0 bridgehead atoms. The molecule has 7 heteroatoms. The second kappa shape index (κ2) is 9.57. The summed E-state index contributed by atoms with van der Waals surface area (Å²) in [6.45, 7) is 3.86. The molecule has 1 aliphatic rings. The van der Waals surface area contributed by atoms with E-state index in [2.05, 4.69) is 21.0 Å². The summed E-state index contributed by atoms with van der Waals surface area (Å²) >= 11 is 0. The summed E-state index contributed by atoms with van der Waals surface area (Å²) < 4.78 is 1.66. The first-order valence-corrected chi connectivity index (χ1v) is 10.6. The molecule has 0 spiro atoms. The van der Waals surface area contributed by atoms with Crippen LogP contribution in [0, 0.1) is 6.92 Å². The van der Waals surface area contributed by atoms with Gasteiger partial charge < -0.3 is 16.0 Å². The van der Waals surface area contributed by atoms with Crippen LogP contribution in [0.1, 0.15) is 34.3 Å². The van der Waals surface area contributed by atoms with Gasteiger partial charge in [-0.05, 0) is 56.6 Å². The van der Waals surface area contributed by atoms with E-state index in [4.69, 9.17) is 0 Å². The Hall–Kier alpha value is -3.45. The molecule has 1 fully saturated rings. The molecule has 2 heterocycles. The Morgan fingerprint density at radius 1 is 1.13 bits per heavy atom. The predicted octanol–water partition coefficient (Wildman–Crippen LogP) is 2.84. The molecule has 0 atom stereocenters. The summed E-state index contributed by atoms with van der Waals surface area (Å²) in [7, 11) is 0. The number of hydrogen-bond acceptors (Lipinski definition) is 4. The quantitative estimate of drug-likeness (QED) is 0.576. The molecule has 1 aromatic heterocycles. The van der Waals surface area contributed by atoms with Crippen LogP contribution in [0.2, 0.25) is 0 Å². The number of carbonyl (C=O) groups excluding carboxylic acids is 2. The zero-order valence-corrected chi connectivity index (χ0v) is 17.6. The third-order valence-corrected chi connectivity index (χ3v) is 5.36. The van der Waals surface area contributed by atoms with E-state index in [1.165, 1.54) is 0 Å².